The van der Waals surface area contributed by atoms with Gasteiger partial charge in [-0.1, -0.05) is 32.0 Å². The number of benzene rings is 1. The van der Waals surface area contributed by atoms with E-state index in [9.17, 15) is 5.11 Å². The largest absolute Gasteiger partial charge is 0.394 e. The third kappa shape index (κ3) is 5.62. The van der Waals surface area contributed by atoms with E-state index in [4.69, 9.17) is 0 Å². The molecule has 0 saturated heterocycles. The normalized spacial score (nSPS) is 14.4. The Morgan fingerprint density at radius 2 is 1.89 bits per heavy atom. The van der Waals surface area contributed by atoms with E-state index in [1.54, 1.807) is 0 Å². The fourth-order valence-corrected chi connectivity index (χ4v) is 2.41. The third-order valence-corrected chi connectivity index (χ3v) is 3.41. The molecule has 2 N–H and O–H groups in total. The van der Waals surface area contributed by atoms with Gasteiger partial charge in [-0.25, -0.2) is 0 Å². The van der Waals surface area contributed by atoms with Crippen LogP contribution in [0, 0.1) is 0 Å². The summed E-state index contributed by atoms with van der Waals surface area (Å²) in [7, 11) is 2.11. The fraction of sp³-hybridized carbons (Fsp3) is 0.625. The first-order chi connectivity index (χ1) is 8.97. The summed E-state index contributed by atoms with van der Waals surface area (Å²) in [6.07, 6.45) is 2.03. The van der Waals surface area contributed by atoms with Crippen molar-refractivity contribution in [1.29, 1.82) is 0 Å². The van der Waals surface area contributed by atoms with Crippen molar-refractivity contribution >= 4 is 5.69 Å². The molecule has 19 heavy (non-hydrogen) atoms. The summed E-state index contributed by atoms with van der Waals surface area (Å²) in [5, 5.41) is 13.0. The van der Waals surface area contributed by atoms with Crippen LogP contribution in [0.25, 0.3) is 0 Å². The summed E-state index contributed by atoms with van der Waals surface area (Å²) in [6, 6.07) is 10.8. The highest BCUT2D eigenvalue weighted by molar-refractivity contribution is 5.44. The zero-order chi connectivity index (χ0) is 14.3. The van der Waals surface area contributed by atoms with Gasteiger partial charge in [-0.2, -0.15) is 0 Å². The molecule has 3 heteroatoms. The minimum Gasteiger partial charge on any atom is -0.394 e. The lowest BCUT2D eigenvalue weighted by Crippen LogP contribution is -2.49. The molecule has 0 fully saturated rings. The van der Waals surface area contributed by atoms with Crippen LogP contribution in [0.15, 0.2) is 30.3 Å². The highest BCUT2D eigenvalue weighted by Crippen LogP contribution is 2.16. The first-order valence-electron chi connectivity index (χ1n) is 7.11. The number of hydrogen-bond donors (Lipinski definition) is 2. The molecule has 108 valence electrons. The number of hydrogen-bond acceptors (Lipinski definition) is 3. The highest BCUT2D eigenvalue weighted by atomic mass is 16.3. The van der Waals surface area contributed by atoms with E-state index in [0.717, 1.165) is 19.4 Å². The van der Waals surface area contributed by atoms with Crippen LogP contribution < -0.4 is 10.2 Å². The third-order valence-electron chi connectivity index (χ3n) is 3.41. The number of anilines is 1. The molecule has 1 atom stereocenters. The van der Waals surface area contributed by atoms with E-state index in [-0.39, 0.29) is 12.1 Å². The standard InChI is InChI=1S/C16H28N2O/c1-14(2)17-16(3,13-19)11-8-12-18(4)15-9-6-5-7-10-15/h5-7,9-10,14,17,19H,8,11-13H2,1-4H3. The minimum absolute atomic E-state index is 0.175. The maximum atomic E-state index is 9.54. The van der Waals surface area contributed by atoms with Crippen LogP contribution in [-0.4, -0.2) is 36.9 Å². The van der Waals surface area contributed by atoms with E-state index < -0.39 is 0 Å². The van der Waals surface area contributed by atoms with Crippen molar-refractivity contribution in [3.8, 4) is 0 Å². The van der Waals surface area contributed by atoms with Gasteiger partial charge in [0.25, 0.3) is 0 Å². The van der Waals surface area contributed by atoms with Crippen LogP contribution in [0.1, 0.15) is 33.6 Å². The van der Waals surface area contributed by atoms with E-state index in [1.165, 1.54) is 5.69 Å². The molecule has 0 aliphatic heterocycles. The molecule has 0 heterocycles. The van der Waals surface area contributed by atoms with Gasteiger partial charge in [0.05, 0.1) is 6.61 Å². The Kier molecular flexibility index (Phi) is 6.32. The number of aliphatic hydroxyl groups excluding tert-OH is 1. The second-order valence-corrected chi connectivity index (χ2v) is 5.88. The molecule has 0 radical (unpaired) electrons. The zero-order valence-electron chi connectivity index (χ0n) is 12.7. The molecule has 3 nitrogen and oxygen atoms in total. The van der Waals surface area contributed by atoms with Crippen molar-refractivity contribution in [2.45, 2.75) is 45.2 Å². The van der Waals surface area contributed by atoms with Gasteiger partial charge in [0, 0.05) is 30.9 Å². The summed E-state index contributed by atoms with van der Waals surface area (Å²) in [5.74, 6) is 0. The van der Waals surface area contributed by atoms with Crippen molar-refractivity contribution < 1.29 is 5.11 Å². The quantitative estimate of drug-likeness (QED) is 0.758. The van der Waals surface area contributed by atoms with Crippen molar-refractivity contribution in [3.63, 3.8) is 0 Å². The smallest absolute Gasteiger partial charge is 0.0610 e. The van der Waals surface area contributed by atoms with Gasteiger partial charge in [-0.3, -0.25) is 0 Å². The molecule has 0 aromatic heterocycles. The predicted octanol–water partition coefficient (Wildman–Crippen LogP) is 2.65. The van der Waals surface area contributed by atoms with E-state index in [2.05, 4.69) is 62.3 Å². The maximum absolute atomic E-state index is 9.54. The maximum Gasteiger partial charge on any atom is 0.0610 e. The van der Waals surface area contributed by atoms with E-state index in [0.29, 0.717) is 6.04 Å². The van der Waals surface area contributed by atoms with Crippen molar-refractivity contribution in [3.05, 3.63) is 30.3 Å². The van der Waals surface area contributed by atoms with Gasteiger partial charge >= 0.3 is 0 Å². The van der Waals surface area contributed by atoms with Crippen LogP contribution in [0.4, 0.5) is 5.69 Å². The molecule has 1 aromatic carbocycles. The predicted molar refractivity (Wildman–Crippen MR) is 82.7 cm³/mol. The number of para-hydroxylation sites is 1. The summed E-state index contributed by atoms with van der Waals surface area (Å²) in [6.45, 7) is 7.50. The van der Waals surface area contributed by atoms with E-state index >= 15 is 0 Å². The van der Waals surface area contributed by atoms with Gasteiger partial charge in [0.2, 0.25) is 0 Å². The minimum atomic E-state index is -0.175. The molecular formula is C16H28N2O. The van der Waals surface area contributed by atoms with Crippen molar-refractivity contribution in [2.75, 3.05) is 25.1 Å². The lowest BCUT2D eigenvalue weighted by molar-refractivity contribution is 0.155. The van der Waals surface area contributed by atoms with Crippen LogP contribution >= 0.6 is 0 Å². The monoisotopic (exact) mass is 264 g/mol. The SMILES string of the molecule is CC(C)NC(C)(CO)CCCN(C)c1ccccc1. The highest BCUT2D eigenvalue weighted by Gasteiger charge is 2.23. The van der Waals surface area contributed by atoms with Crippen LogP contribution in [0.2, 0.25) is 0 Å². The van der Waals surface area contributed by atoms with Crippen molar-refractivity contribution in [1.82, 2.24) is 5.32 Å². The van der Waals surface area contributed by atoms with Gasteiger partial charge in [-0.15, -0.1) is 0 Å². The molecule has 0 aliphatic carbocycles. The van der Waals surface area contributed by atoms with Gasteiger partial charge in [0.1, 0.15) is 0 Å². The van der Waals surface area contributed by atoms with Crippen LogP contribution in [-0.2, 0) is 0 Å². The van der Waals surface area contributed by atoms with Gasteiger partial charge in [0.15, 0.2) is 0 Å². The van der Waals surface area contributed by atoms with Gasteiger partial charge < -0.3 is 15.3 Å². The Morgan fingerprint density at radius 3 is 2.42 bits per heavy atom. The molecule has 0 bridgehead atoms. The molecular weight excluding hydrogens is 236 g/mol. The summed E-state index contributed by atoms with van der Waals surface area (Å²) < 4.78 is 0. The Labute approximate surface area is 117 Å². The van der Waals surface area contributed by atoms with Crippen LogP contribution in [0.3, 0.4) is 0 Å². The molecule has 0 spiro atoms. The number of aliphatic hydroxyl groups is 1. The molecule has 1 unspecified atom stereocenters. The average molecular weight is 264 g/mol. The second-order valence-electron chi connectivity index (χ2n) is 5.88. The Hall–Kier alpha value is -1.06. The summed E-state index contributed by atoms with van der Waals surface area (Å²) >= 11 is 0. The second kappa shape index (κ2) is 7.51. The summed E-state index contributed by atoms with van der Waals surface area (Å²) in [5.41, 5.74) is 1.07. The zero-order valence-corrected chi connectivity index (χ0v) is 12.7. The first-order valence-corrected chi connectivity index (χ1v) is 7.11. The summed E-state index contributed by atoms with van der Waals surface area (Å²) in [4.78, 5) is 2.26. The van der Waals surface area contributed by atoms with Gasteiger partial charge in [-0.05, 0) is 31.9 Å². The lowest BCUT2D eigenvalue weighted by Gasteiger charge is -2.32. The lowest BCUT2D eigenvalue weighted by atomic mass is 9.95. The van der Waals surface area contributed by atoms with Crippen molar-refractivity contribution in [2.24, 2.45) is 0 Å². The fourth-order valence-electron chi connectivity index (χ4n) is 2.41. The molecule has 0 aliphatic rings. The topological polar surface area (TPSA) is 35.5 Å². The Balaban J connectivity index is 2.40. The molecule has 1 aromatic rings. The van der Waals surface area contributed by atoms with Crippen LogP contribution in [0.5, 0.6) is 0 Å². The van der Waals surface area contributed by atoms with E-state index in [1.807, 2.05) is 6.07 Å². The first kappa shape index (κ1) is 16.0. The average Bonchev–Trinajstić information content (AvgIpc) is 2.38. The number of nitrogens with zero attached hydrogens (tertiary/aromatic N) is 1. The molecule has 1 rings (SSSR count). The number of rotatable bonds is 8. The Morgan fingerprint density at radius 1 is 1.26 bits per heavy atom. The Bertz CT molecular complexity index is 353. The molecule has 0 amide bonds. The molecule has 0 saturated carbocycles. The number of nitrogens with one attached hydrogen (secondary N) is 1.